The van der Waals surface area contributed by atoms with Crippen molar-refractivity contribution >= 4 is 23.5 Å². The highest BCUT2D eigenvalue weighted by atomic mass is 35.5. The number of benzene rings is 1. The molecule has 29 heavy (non-hydrogen) atoms. The van der Waals surface area contributed by atoms with Crippen molar-refractivity contribution in [3.8, 4) is 0 Å². The van der Waals surface area contributed by atoms with E-state index < -0.39 is 0 Å². The van der Waals surface area contributed by atoms with Crippen LogP contribution in [-0.2, 0) is 4.79 Å². The molecule has 0 amide bonds. The van der Waals surface area contributed by atoms with Crippen molar-refractivity contribution in [3.05, 3.63) is 52.1 Å². The van der Waals surface area contributed by atoms with E-state index in [4.69, 9.17) is 11.6 Å². The first-order chi connectivity index (χ1) is 13.8. The van der Waals surface area contributed by atoms with Crippen molar-refractivity contribution in [1.29, 1.82) is 0 Å². The van der Waals surface area contributed by atoms with E-state index in [1.165, 1.54) is 5.57 Å². The molecule has 3 heteroatoms. The Bertz CT molecular complexity index is 898. The molecular weight excluding hydrogens is 380 g/mol. The standard InChI is InChI=1S/C26H31ClO2/c1-25-11-9-20(28)15-18(25)5-8-21-22(25)10-12-26(2)23(21)14-17(24(26)29)13-16-3-6-19(27)7-4-16/h3-7,13,20-23,28H,8-12,14-15H2,1-2H3/b17-13-. The van der Waals surface area contributed by atoms with Gasteiger partial charge in [0.05, 0.1) is 6.10 Å². The lowest BCUT2D eigenvalue weighted by molar-refractivity contribution is -0.130. The van der Waals surface area contributed by atoms with Crippen molar-refractivity contribution in [2.75, 3.05) is 0 Å². The Morgan fingerprint density at radius 2 is 1.76 bits per heavy atom. The summed E-state index contributed by atoms with van der Waals surface area (Å²) >= 11 is 6.02. The van der Waals surface area contributed by atoms with Gasteiger partial charge in [0.2, 0.25) is 0 Å². The molecular formula is C26H31ClO2. The molecule has 6 unspecified atom stereocenters. The van der Waals surface area contributed by atoms with Crippen molar-refractivity contribution in [3.63, 3.8) is 0 Å². The van der Waals surface area contributed by atoms with E-state index in [1.807, 2.05) is 24.3 Å². The number of rotatable bonds is 1. The van der Waals surface area contributed by atoms with E-state index in [1.54, 1.807) is 0 Å². The van der Waals surface area contributed by atoms with Crippen LogP contribution in [0.15, 0.2) is 41.5 Å². The van der Waals surface area contributed by atoms with Crippen molar-refractivity contribution in [1.82, 2.24) is 0 Å². The van der Waals surface area contributed by atoms with E-state index in [0.717, 1.165) is 61.1 Å². The molecule has 4 aliphatic rings. The van der Waals surface area contributed by atoms with Crippen molar-refractivity contribution in [2.45, 2.75) is 64.9 Å². The van der Waals surface area contributed by atoms with E-state index in [2.05, 4.69) is 26.0 Å². The highest BCUT2D eigenvalue weighted by molar-refractivity contribution is 6.30. The maximum absolute atomic E-state index is 13.5. The molecule has 0 aromatic heterocycles. The summed E-state index contributed by atoms with van der Waals surface area (Å²) in [5.74, 6) is 2.04. The van der Waals surface area contributed by atoms with Crippen LogP contribution in [0, 0.1) is 28.6 Å². The van der Waals surface area contributed by atoms with Crippen molar-refractivity contribution < 1.29 is 9.90 Å². The van der Waals surface area contributed by atoms with Gasteiger partial charge < -0.3 is 5.11 Å². The lowest BCUT2D eigenvalue weighted by Gasteiger charge is -2.56. The van der Waals surface area contributed by atoms with Crippen LogP contribution in [0.1, 0.15) is 64.4 Å². The fourth-order valence-electron chi connectivity index (χ4n) is 7.20. The van der Waals surface area contributed by atoms with Crippen LogP contribution < -0.4 is 0 Å². The van der Waals surface area contributed by atoms with Crippen LogP contribution in [0.3, 0.4) is 0 Å². The topological polar surface area (TPSA) is 37.3 Å². The van der Waals surface area contributed by atoms with Crippen LogP contribution >= 0.6 is 11.6 Å². The predicted molar refractivity (Wildman–Crippen MR) is 118 cm³/mol. The fourth-order valence-corrected chi connectivity index (χ4v) is 7.33. The third-order valence-corrected chi connectivity index (χ3v) is 9.18. The second-order valence-electron chi connectivity index (χ2n) is 10.4. The van der Waals surface area contributed by atoms with E-state index in [9.17, 15) is 9.90 Å². The number of halogens is 1. The number of aliphatic hydroxyl groups excluding tert-OH is 1. The first-order valence-corrected chi connectivity index (χ1v) is 11.6. The summed E-state index contributed by atoms with van der Waals surface area (Å²) in [4.78, 5) is 13.5. The molecule has 1 N–H and O–H groups in total. The number of allylic oxidation sites excluding steroid dienone is 2. The maximum atomic E-state index is 13.5. The number of aliphatic hydroxyl groups is 1. The first-order valence-electron chi connectivity index (χ1n) is 11.2. The Labute approximate surface area is 179 Å². The number of Topliss-reactive ketones (excluding diaryl/α,β-unsaturated/α-hetero) is 1. The molecule has 0 heterocycles. The van der Waals surface area contributed by atoms with Gasteiger partial charge in [-0.2, -0.15) is 0 Å². The zero-order valence-corrected chi connectivity index (χ0v) is 18.2. The van der Waals surface area contributed by atoms with Gasteiger partial charge in [0, 0.05) is 10.4 Å². The molecule has 0 radical (unpaired) electrons. The second-order valence-corrected chi connectivity index (χ2v) is 10.8. The average molecular weight is 411 g/mol. The van der Waals surface area contributed by atoms with Gasteiger partial charge in [0.1, 0.15) is 0 Å². The highest BCUT2D eigenvalue weighted by Crippen LogP contribution is 2.64. The minimum absolute atomic E-state index is 0.165. The highest BCUT2D eigenvalue weighted by Gasteiger charge is 2.59. The van der Waals surface area contributed by atoms with Crippen LogP contribution in [0.2, 0.25) is 5.02 Å². The molecule has 1 aromatic carbocycles. The lowest BCUT2D eigenvalue weighted by atomic mass is 9.48. The molecule has 154 valence electrons. The molecule has 0 aliphatic heterocycles. The molecule has 6 atom stereocenters. The zero-order valence-electron chi connectivity index (χ0n) is 17.5. The molecule has 3 fully saturated rings. The number of carbonyl (C=O) groups is 1. The van der Waals surface area contributed by atoms with Crippen LogP contribution in [0.25, 0.3) is 6.08 Å². The van der Waals surface area contributed by atoms with Crippen molar-refractivity contribution in [2.24, 2.45) is 28.6 Å². The van der Waals surface area contributed by atoms with E-state index >= 15 is 0 Å². The molecule has 3 saturated carbocycles. The Balaban J connectivity index is 1.47. The number of hydrogen-bond acceptors (Lipinski definition) is 2. The summed E-state index contributed by atoms with van der Waals surface area (Å²) in [5.41, 5.74) is 3.56. The Morgan fingerprint density at radius 3 is 2.52 bits per heavy atom. The molecule has 0 bridgehead atoms. The smallest absolute Gasteiger partial charge is 0.165 e. The van der Waals surface area contributed by atoms with E-state index in [0.29, 0.717) is 23.5 Å². The second kappa shape index (κ2) is 6.82. The van der Waals surface area contributed by atoms with E-state index in [-0.39, 0.29) is 16.9 Å². The summed E-state index contributed by atoms with van der Waals surface area (Å²) in [6.07, 6.45) is 11.3. The normalized spacial score (nSPS) is 42.8. The van der Waals surface area contributed by atoms with Gasteiger partial charge in [0.15, 0.2) is 5.78 Å². The molecule has 0 saturated heterocycles. The first kappa shape index (κ1) is 19.6. The monoisotopic (exact) mass is 410 g/mol. The van der Waals surface area contributed by atoms with Crippen LogP contribution in [-0.4, -0.2) is 17.0 Å². The zero-order chi connectivity index (χ0) is 20.4. The third-order valence-electron chi connectivity index (χ3n) is 8.93. The van der Waals surface area contributed by atoms with Gasteiger partial charge in [0.25, 0.3) is 0 Å². The van der Waals surface area contributed by atoms with Crippen LogP contribution in [0.5, 0.6) is 0 Å². The van der Waals surface area contributed by atoms with Gasteiger partial charge >= 0.3 is 0 Å². The minimum atomic E-state index is -0.213. The average Bonchev–Trinajstić information content (AvgIpc) is 2.95. The predicted octanol–water partition coefficient (Wildman–Crippen LogP) is 6.23. The van der Waals surface area contributed by atoms with Gasteiger partial charge in [-0.05, 0) is 97.5 Å². The summed E-state index contributed by atoms with van der Waals surface area (Å²) < 4.78 is 0. The Kier molecular flexibility index (Phi) is 4.60. The number of carbonyl (C=O) groups excluding carboxylic acids is 1. The van der Waals surface area contributed by atoms with Gasteiger partial charge in [-0.15, -0.1) is 0 Å². The fraction of sp³-hybridized carbons (Fsp3) is 0.577. The minimum Gasteiger partial charge on any atom is -0.393 e. The SMILES string of the molecule is CC12CCC3C(CC=C4CC(O)CCC43C)C1C/C(=C/c1ccc(Cl)cc1)C2=O. The molecule has 4 aliphatic carbocycles. The number of hydrogen-bond donors (Lipinski definition) is 1. The number of fused-ring (bicyclic) bond motifs is 5. The Hall–Kier alpha value is -1.38. The van der Waals surface area contributed by atoms with Gasteiger partial charge in [-0.25, -0.2) is 0 Å². The Morgan fingerprint density at radius 1 is 1.03 bits per heavy atom. The summed E-state index contributed by atoms with van der Waals surface area (Å²) in [5, 5.41) is 10.9. The molecule has 1 aromatic rings. The summed E-state index contributed by atoms with van der Waals surface area (Å²) in [7, 11) is 0. The van der Waals surface area contributed by atoms with Gasteiger partial charge in [-0.3, -0.25) is 4.79 Å². The third kappa shape index (κ3) is 2.98. The molecule has 5 rings (SSSR count). The number of ketones is 1. The summed E-state index contributed by atoms with van der Waals surface area (Å²) in [6.45, 7) is 4.66. The summed E-state index contributed by atoms with van der Waals surface area (Å²) in [6, 6.07) is 7.79. The van der Waals surface area contributed by atoms with Crippen LogP contribution in [0.4, 0.5) is 0 Å². The molecule has 0 spiro atoms. The van der Waals surface area contributed by atoms with Gasteiger partial charge in [-0.1, -0.05) is 49.2 Å². The lowest BCUT2D eigenvalue weighted by Crippen LogP contribution is -2.50. The largest absolute Gasteiger partial charge is 0.393 e. The molecule has 2 nitrogen and oxygen atoms in total. The maximum Gasteiger partial charge on any atom is 0.165 e. The quantitative estimate of drug-likeness (QED) is 0.440.